The first-order valence-corrected chi connectivity index (χ1v) is 9.63. The van der Waals surface area contributed by atoms with Gasteiger partial charge in [-0.1, -0.05) is 45.3 Å². The third-order valence-electron chi connectivity index (χ3n) is 3.86. The summed E-state index contributed by atoms with van der Waals surface area (Å²) in [5.74, 6) is -0.930. The smallest absolute Gasteiger partial charge is 0.330 e. The molecule has 0 aromatic rings. The van der Waals surface area contributed by atoms with Gasteiger partial charge in [-0.2, -0.15) is 0 Å². The van der Waals surface area contributed by atoms with Gasteiger partial charge in [-0.3, -0.25) is 4.90 Å². The van der Waals surface area contributed by atoms with Gasteiger partial charge in [0.1, 0.15) is 13.2 Å². The maximum Gasteiger partial charge on any atom is 0.330 e. The molecule has 0 saturated carbocycles. The molecule has 0 spiro atoms. The number of rotatable bonds is 19. The van der Waals surface area contributed by atoms with Gasteiger partial charge in [0.15, 0.2) is 0 Å². The second-order valence-corrected chi connectivity index (χ2v) is 6.10. The van der Waals surface area contributed by atoms with Crippen LogP contribution in [0.5, 0.6) is 0 Å². The van der Waals surface area contributed by atoms with Crippen LogP contribution in [0.25, 0.3) is 0 Å². The highest BCUT2D eigenvalue weighted by Crippen LogP contribution is 2.07. The van der Waals surface area contributed by atoms with E-state index < -0.39 is 11.9 Å². The molecule has 0 aliphatic rings. The van der Waals surface area contributed by atoms with Gasteiger partial charge < -0.3 is 19.3 Å². The van der Waals surface area contributed by atoms with Crippen LogP contribution in [0.15, 0.2) is 25.3 Å². The third kappa shape index (κ3) is 17.5. The Morgan fingerprint density at radius 1 is 0.778 bits per heavy atom. The zero-order valence-corrected chi connectivity index (χ0v) is 16.4. The lowest BCUT2D eigenvalue weighted by Gasteiger charge is -2.21. The SMILES string of the molecule is C=CC(=O)OCCN(CCOC(=O)C=C)COCCCCCCCCCO. The van der Waals surface area contributed by atoms with Gasteiger partial charge in [0.25, 0.3) is 0 Å². The van der Waals surface area contributed by atoms with E-state index in [4.69, 9.17) is 19.3 Å². The minimum absolute atomic E-state index is 0.220. The van der Waals surface area contributed by atoms with Crippen LogP contribution in [-0.4, -0.2) is 68.2 Å². The van der Waals surface area contributed by atoms with Crippen molar-refractivity contribution in [2.45, 2.75) is 44.9 Å². The summed E-state index contributed by atoms with van der Waals surface area (Å²) in [5.41, 5.74) is 0. The van der Waals surface area contributed by atoms with Gasteiger partial charge >= 0.3 is 11.9 Å². The normalized spacial score (nSPS) is 10.6. The molecule has 0 fully saturated rings. The summed E-state index contributed by atoms with van der Waals surface area (Å²) in [5, 5.41) is 8.72. The molecule has 7 nitrogen and oxygen atoms in total. The topological polar surface area (TPSA) is 85.3 Å². The molecule has 0 rings (SSSR count). The molecular weight excluding hydrogens is 350 g/mol. The minimum atomic E-state index is -0.465. The fourth-order valence-electron chi connectivity index (χ4n) is 2.30. The number of carbonyl (C=O) groups excluding carboxylic acids is 2. The van der Waals surface area contributed by atoms with Crippen LogP contribution < -0.4 is 0 Å². The van der Waals surface area contributed by atoms with Crippen molar-refractivity contribution >= 4 is 11.9 Å². The lowest BCUT2D eigenvalue weighted by molar-refractivity contribution is -0.139. The van der Waals surface area contributed by atoms with E-state index >= 15 is 0 Å². The number of hydrogen-bond donors (Lipinski definition) is 1. The van der Waals surface area contributed by atoms with Crippen LogP contribution in [0.1, 0.15) is 44.9 Å². The zero-order chi connectivity index (χ0) is 20.2. The summed E-state index contributed by atoms with van der Waals surface area (Å²) in [6, 6.07) is 0. The Bertz CT molecular complexity index is 387. The van der Waals surface area contributed by atoms with Gasteiger partial charge in [-0.15, -0.1) is 0 Å². The van der Waals surface area contributed by atoms with Crippen LogP contribution in [0.4, 0.5) is 0 Å². The van der Waals surface area contributed by atoms with Crippen LogP contribution in [-0.2, 0) is 23.8 Å². The average Bonchev–Trinajstić information content (AvgIpc) is 2.68. The molecule has 27 heavy (non-hydrogen) atoms. The molecule has 7 heteroatoms. The van der Waals surface area contributed by atoms with Crippen molar-refractivity contribution in [1.29, 1.82) is 0 Å². The molecule has 0 atom stereocenters. The second kappa shape index (κ2) is 19.1. The van der Waals surface area contributed by atoms with Crippen LogP contribution in [0.2, 0.25) is 0 Å². The number of esters is 2. The maximum atomic E-state index is 11.1. The molecule has 0 aromatic carbocycles. The summed E-state index contributed by atoms with van der Waals surface area (Å²) in [4.78, 5) is 24.1. The van der Waals surface area contributed by atoms with Crippen molar-refractivity contribution in [3.05, 3.63) is 25.3 Å². The predicted octanol–water partition coefficient (Wildman–Crippen LogP) is 2.44. The van der Waals surface area contributed by atoms with Gasteiger partial charge in [0, 0.05) is 38.5 Å². The van der Waals surface area contributed by atoms with Crippen molar-refractivity contribution in [1.82, 2.24) is 4.90 Å². The number of nitrogens with zero attached hydrogens (tertiary/aromatic N) is 1. The van der Waals surface area contributed by atoms with Crippen LogP contribution in [0, 0.1) is 0 Å². The van der Waals surface area contributed by atoms with E-state index in [1.807, 2.05) is 4.90 Å². The number of carbonyl (C=O) groups is 2. The number of aliphatic hydroxyl groups excluding tert-OH is 1. The predicted molar refractivity (Wildman–Crippen MR) is 104 cm³/mol. The lowest BCUT2D eigenvalue weighted by Crippen LogP contribution is -2.34. The van der Waals surface area contributed by atoms with Crippen LogP contribution in [0.3, 0.4) is 0 Å². The van der Waals surface area contributed by atoms with Gasteiger partial charge in [0.2, 0.25) is 0 Å². The highest BCUT2D eigenvalue weighted by Gasteiger charge is 2.08. The zero-order valence-electron chi connectivity index (χ0n) is 16.4. The Balaban J connectivity index is 3.86. The summed E-state index contributed by atoms with van der Waals surface area (Å²) in [7, 11) is 0. The molecule has 0 bridgehead atoms. The quantitative estimate of drug-likeness (QED) is 0.158. The minimum Gasteiger partial charge on any atom is -0.461 e. The number of ether oxygens (including phenoxy) is 3. The van der Waals surface area contributed by atoms with Crippen molar-refractivity contribution in [2.75, 3.05) is 46.2 Å². The Hall–Kier alpha value is -1.70. The van der Waals surface area contributed by atoms with Gasteiger partial charge in [-0.25, -0.2) is 9.59 Å². The number of unbranched alkanes of at least 4 members (excludes halogenated alkanes) is 6. The fraction of sp³-hybridized carbons (Fsp3) is 0.700. The average molecular weight is 386 g/mol. The van der Waals surface area contributed by atoms with E-state index in [0.717, 1.165) is 37.8 Å². The first-order valence-electron chi connectivity index (χ1n) is 9.63. The van der Waals surface area contributed by atoms with Gasteiger partial charge in [0.05, 0.1) is 6.73 Å². The first kappa shape index (κ1) is 25.3. The molecule has 0 aliphatic heterocycles. The van der Waals surface area contributed by atoms with Crippen LogP contribution >= 0.6 is 0 Å². The summed E-state index contributed by atoms with van der Waals surface area (Å²) in [6.45, 7) is 9.43. The molecule has 0 aliphatic carbocycles. The van der Waals surface area contributed by atoms with Crippen molar-refractivity contribution < 1.29 is 28.9 Å². The second-order valence-electron chi connectivity index (χ2n) is 6.10. The van der Waals surface area contributed by atoms with E-state index in [2.05, 4.69) is 13.2 Å². The first-order chi connectivity index (χ1) is 13.1. The van der Waals surface area contributed by atoms with E-state index in [9.17, 15) is 9.59 Å². The summed E-state index contributed by atoms with van der Waals surface area (Å²) >= 11 is 0. The molecule has 0 amide bonds. The molecular formula is C20H35NO6. The number of aliphatic hydroxyl groups is 1. The lowest BCUT2D eigenvalue weighted by atomic mass is 10.1. The molecule has 1 N–H and O–H groups in total. The fourth-order valence-corrected chi connectivity index (χ4v) is 2.30. The number of hydrogen-bond acceptors (Lipinski definition) is 7. The summed E-state index contributed by atoms with van der Waals surface area (Å²) < 4.78 is 15.6. The summed E-state index contributed by atoms with van der Waals surface area (Å²) in [6.07, 6.45) is 9.87. The van der Waals surface area contributed by atoms with Crippen molar-refractivity contribution in [2.24, 2.45) is 0 Å². The van der Waals surface area contributed by atoms with E-state index in [1.54, 1.807) is 0 Å². The molecule has 0 heterocycles. The van der Waals surface area contributed by atoms with E-state index in [0.29, 0.717) is 26.4 Å². The molecule has 0 saturated heterocycles. The third-order valence-corrected chi connectivity index (χ3v) is 3.86. The highest BCUT2D eigenvalue weighted by atomic mass is 16.5. The maximum absolute atomic E-state index is 11.1. The largest absolute Gasteiger partial charge is 0.461 e. The van der Waals surface area contributed by atoms with Gasteiger partial charge in [-0.05, 0) is 12.8 Å². The molecule has 0 radical (unpaired) electrons. The Labute approximate surface area is 163 Å². The highest BCUT2D eigenvalue weighted by molar-refractivity contribution is 5.81. The molecule has 0 unspecified atom stereocenters. The molecule has 0 aromatic heterocycles. The monoisotopic (exact) mass is 385 g/mol. The Morgan fingerprint density at radius 2 is 1.26 bits per heavy atom. The Kier molecular flexibility index (Phi) is 17.9. The van der Waals surface area contributed by atoms with Crippen molar-refractivity contribution in [3.63, 3.8) is 0 Å². The molecule has 156 valence electrons. The van der Waals surface area contributed by atoms with E-state index in [1.165, 1.54) is 19.3 Å². The standard InChI is InChI=1S/C20H35NO6/c1-3-19(23)26-16-12-21(13-17-27-20(24)4-2)18-25-15-11-9-7-5-6-8-10-14-22/h3-4,22H,1-2,5-18H2. The van der Waals surface area contributed by atoms with Crippen molar-refractivity contribution in [3.8, 4) is 0 Å². The Morgan fingerprint density at radius 3 is 1.74 bits per heavy atom. The van der Waals surface area contributed by atoms with E-state index in [-0.39, 0.29) is 19.8 Å².